The fraction of sp³-hybridized carbons (Fsp3) is 0.400. The van der Waals surface area contributed by atoms with Gasteiger partial charge in [0.1, 0.15) is 5.75 Å². The molecule has 3 nitrogen and oxygen atoms in total. The number of hydrogen-bond acceptors (Lipinski definition) is 3. The number of rotatable bonds is 7. The van der Waals surface area contributed by atoms with Crippen LogP contribution in [-0.4, -0.2) is 19.2 Å². The Morgan fingerprint density at radius 2 is 1.61 bits per heavy atom. The zero-order valence-electron chi connectivity index (χ0n) is 14.6. The van der Waals surface area contributed by atoms with Gasteiger partial charge in [0.2, 0.25) is 0 Å². The Labute approximate surface area is 140 Å². The number of nitrogens with one attached hydrogen (secondary N) is 2. The molecule has 23 heavy (non-hydrogen) atoms. The minimum atomic E-state index is 0.0621. The molecule has 3 heteroatoms. The van der Waals surface area contributed by atoms with E-state index in [-0.39, 0.29) is 11.6 Å². The summed E-state index contributed by atoms with van der Waals surface area (Å²) in [5.41, 5.74) is 2.54. The van der Waals surface area contributed by atoms with Crippen LogP contribution in [0.3, 0.4) is 0 Å². The van der Waals surface area contributed by atoms with Gasteiger partial charge in [-0.25, -0.2) is 0 Å². The molecule has 0 aliphatic carbocycles. The number of para-hydroxylation sites is 1. The van der Waals surface area contributed by atoms with Gasteiger partial charge in [0.25, 0.3) is 0 Å². The summed E-state index contributed by atoms with van der Waals surface area (Å²) < 4.78 is 5.41. The molecule has 0 radical (unpaired) electrons. The highest BCUT2D eigenvalue weighted by Crippen LogP contribution is 2.19. The molecule has 2 N–H and O–H groups in total. The molecule has 0 amide bonds. The molecule has 2 aromatic carbocycles. The van der Waals surface area contributed by atoms with Gasteiger partial charge < -0.3 is 15.4 Å². The minimum Gasteiger partial charge on any atom is -0.496 e. The van der Waals surface area contributed by atoms with Gasteiger partial charge >= 0.3 is 0 Å². The van der Waals surface area contributed by atoms with E-state index >= 15 is 0 Å². The lowest BCUT2D eigenvalue weighted by Crippen LogP contribution is -2.42. The van der Waals surface area contributed by atoms with Gasteiger partial charge in [-0.2, -0.15) is 0 Å². The first-order valence-corrected chi connectivity index (χ1v) is 8.15. The van der Waals surface area contributed by atoms with Crippen molar-refractivity contribution in [3.8, 4) is 5.75 Å². The summed E-state index contributed by atoms with van der Waals surface area (Å²) in [5, 5.41) is 7.25. The van der Waals surface area contributed by atoms with Gasteiger partial charge in [-0.15, -0.1) is 0 Å². The molecule has 0 aliphatic rings. The quantitative estimate of drug-likeness (QED) is 0.813. The van der Waals surface area contributed by atoms with Crippen molar-refractivity contribution >= 4 is 0 Å². The lowest BCUT2D eigenvalue weighted by molar-refractivity contribution is 0.350. The Bertz CT molecular complexity index is 590. The van der Waals surface area contributed by atoms with E-state index in [0.29, 0.717) is 0 Å². The van der Waals surface area contributed by atoms with Gasteiger partial charge in [-0.1, -0.05) is 48.5 Å². The molecule has 0 spiro atoms. The van der Waals surface area contributed by atoms with Gasteiger partial charge in [0.15, 0.2) is 0 Å². The molecule has 1 atom stereocenters. The van der Waals surface area contributed by atoms with E-state index in [2.05, 4.69) is 67.8 Å². The lowest BCUT2D eigenvalue weighted by Gasteiger charge is -2.29. The summed E-state index contributed by atoms with van der Waals surface area (Å²) >= 11 is 0. The molecule has 0 fully saturated rings. The van der Waals surface area contributed by atoms with Crippen LogP contribution in [0.25, 0.3) is 0 Å². The van der Waals surface area contributed by atoms with Crippen molar-refractivity contribution in [2.75, 3.05) is 13.7 Å². The van der Waals surface area contributed by atoms with E-state index < -0.39 is 0 Å². The first kappa shape index (κ1) is 17.5. The maximum Gasteiger partial charge on any atom is 0.123 e. The maximum absolute atomic E-state index is 5.41. The molecule has 124 valence electrons. The highest BCUT2D eigenvalue weighted by atomic mass is 16.5. The molecular formula is C20H28N2O. The van der Waals surface area contributed by atoms with Gasteiger partial charge in [-0.3, -0.25) is 0 Å². The largest absolute Gasteiger partial charge is 0.496 e. The summed E-state index contributed by atoms with van der Waals surface area (Å²) in [6, 6.07) is 19.0. The Morgan fingerprint density at radius 3 is 2.26 bits per heavy atom. The highest BCUT2D eigenvalue weighted by molar-refractivity contribution is 5.33. The number of hydrogen-bond donors (Lipinski definition) is 2. The number of benzene rings is 2. The smallest absolute Gasteiger partial charge is 0.123 e. The third-order valence-corrected chi connectivity index (χ3v) is 3.67. The molecule has 1 unspecified atom stereocenters. The Balaban J connectivity index is 2.01. The Kier molecular flexibility index (Phi) is 6.20. The second-order valence-corrected chi connectivity index (χ2v) is 6.80. The first-order valence-electron chi connectivity index (χ1n) is 8.15. The van der Waals surface area contributed by atoms with Crippen molar-refractivity contribution in [2.45, 2.75) is 38.9 Å². The predicted octanol–water partition coefficient (Wildman–Crippen LogP) is 3.91. The third-order valence-electron chi connectivity index (χ3n) is 3.67. The van der Waals surface area contributed by atoms with Crippen molar-refractivity contribution in [1.29, 1.82) is 0 Å². The Hall–Kier alpha value is -1.84. The summed E-state index contributed by atoms with van der Waals surface area (Å²) in [5.74, 6) is 0.931. The van der Waals surface area contributed by atoms with Crippen LogP contribution in [0.4, 0.5) is 0 Å². The van der Waals surface area contributed by atoms with E-state index in [1.807, 2.05) is 18.2 Å². The van der Waals surface area contributed by atoms with Crippen LogP contribution in [0.1, 0.15) is 37.9 Å². The third kappa shape index (κ3) is 5.70. The average molecular weight is 312 g/mol. The molecular weight excluding hydrogens is 284 g/mol. The zero-order valence-corrected chi connectivity index (χ0v) is 14.6. The summed E-state index contributed by atoms with van der Waals surface area (Å²) in [6.45, 7) is 8.24. The summed E-state index contributed by atoms with van der Waals surface area (Å²) in [4.78, 5) is 0. The van der Waals surface area contributed by atoms with Crippen LogP contribution in [0.2, 0.25) is 0 Å². The van der Waals surface area contributed by atoms with Crippen molar-refractivity contribution in [3.05, 3.63) is 65.7 Å². The van der Waals surface area contributed by atoms with Gasteiger partial charge in [-0.05, 0) is 32.4 Å². The molecule has 0 saturated carbocycles. The van der Waals surface area contributed by atoms with Crippen LogP contribution in [0.5, 0.6) is 5.75 Å². The van der Waals surface area contributed by atoms with Crippen LogP contribution >= 0.6 is 0 Å². The first-order chi connectivity index (χ1) is 11.0. The fourth-order valence-corrected chi connectivity index (χ4v) is 2.66. The van der Waals surface area contributed by atoms with Crippen molar-refractivity contribution in [3.63, 3.8) is 0 Å². The lowest BCUT2D eigenvalue weighted by atomic mass is 10.0. The molecule has 2 rings (SSSR count). The standard InChI is InChI=1S/C20H28N2O/c1-20(2,3)22-18(16-10-6-5-7-11-16)15-21-14-17-12-8-9-13-19(17)23-4/h5-13,18,21-22H,14-15H2,1-4H3. The fourth-order valence-electron chi connectivity index (χ4n) is 2.66. The van der Waals surface area contributed by atoms with Crippen LogP contribution in [-0.2, 0) is 6.54 Å². The van der Waals surface area contributed by atoms with Crippen LogP contribution < -0.4 is 15.4 Å². The van der Waals surface area contributed by atoms with Crippen molar-refractivity contribution in [1.82, 2.24) is 10.6 Å². The van der Waals surface area contributed by atoms with Crippen LogP contribution in [0, 0.1) is 0 Å². The van der Waals surface area contributed by atoms with Crippen LogP contribution in [0.15, 0.2) is 54.6 Å². The second-order valence-electron chi connectivity index (χ2n) is 6.80. The molecule has 2 aromatic rings. The molecule has 0 aromatic heterocycles. The molecule has 0 bridgehead atoms. The number of ether oxygens (including phenoxy) is 1. The highest BCUT2D eigenvalue weighted by Gasteiger charge is 2.18. The van der Waals surface area contributed by atoms with Gasteiger partial charge in [0, 0.05) is 30.2 Å². The van der Waals surface area contributed by atoms with E-state index in [1.165, 1.54) is 11.1 Å². The zero-order chi connectivity index (χ0) is 16.7. The van der Waals surface area contributed by atoms with Crippen molar-refractivity contribution < 1.29 is 4.74 Å². The summed E-state index contributed by atoms with van der Waals surface area (Å²) in [6.07, 6.45) is 0. The van der Waals surface area contributed by atoms with E-state index in [1.54, 1.807) is 7.11 Å². The maximum atomic E-state index is 5.41. The van der Waals surface area contributed by atoms with Crippen molar-refractivity contribution in [2.24, 2.45) is 0 Å². The average Bonchev–Trinajstić information content (AvgIpc) is 2.54. The molecule has 0 heterocycles. The summed E-state index contributed by atoms with van der Waals surface area (Å²) in [7, 11) is 1.72. The molecule has 0 saturated heterocycles. The molecule has 0 aliphatic heterocycles. The van der Waals surface area contributed by atoms with E-state index in [9.17, 15) is 0 Å². The predicted molar refractivity (Wildman–Crippen MR) is 96.8 cm³/mol. The van der Waals surface area contributed by atoms with E-state index in [4.69, 9.17) is 4.74 Å². The minimum absolute atomic E-state index is 0.0621. The van der Waals surface area contributed by atoms with Gasteiger partial charge in [0.05, 0.1) is 7.11 Å². The van der Waals surface area contributed by atoms with E-state index in [0.717, 1.165) is 18.8 Å². The topological polar surface area (TPSA) is 33.3 Å². The SMILES string of the molecule is COc1ccccc1CNCC(NC(C)(C)C)c1ccccc1. The normalized spacial score (nSPS) is 12.9. The monoisotopic (exact) mass is 312 g/mol. The second kappa shape index (κ2) is 8.14. The number of methoxy groups -OCH3 is 1. The Morgan fingerprint density at radius 1 is 0.957 bits per heavy atom.